The molecule has 0 atom stereocenters. The first-order chi connectivity index (χ1) is 9.72. The molecular formula is C14H14Cl2N2O2S. The molecule has 2 aromatic rings. The van der Waals surface area contributed by atoms with Crippen molar-refractivity contribution in [2.45, 2.75) is 25.7 Å². The van der Waals surface area contributed by atoms with Gasteiger partial charge in [0.1, 0.15) is 10.7 Å². The van der Waals surface area contributed by atoms with Crippen LogP contribution in [-0.4, -0.2) is 13.4 Å². The van der Waals surface area contributed by atoms with E-state index in [1.54, 1.807) is 20.0 Å². The van der Waals surface area contributed by atoms with E-state index in [1.165, 1.54) is 12.1 Å². The Morgan fingerprint density at radius 3 is 2.38 bits per heavy atom. The molecule has 0 aliphatic heterocycles. The first kappa shape index (κ1) is 16.1. The van der Waals surface area contributed by atoms with E-state index in [-0.39, 0.29) is 9.92 Å². The van der Waals surface area contributed by atoms with E-state index in [1.807, 2.05) is 13.0 Å². The number of hydrogen-bond acceptors (Lipinski definition) is 3. The number of anilines is 1. The molecule has 4 nitrogen and oxygen atoms in total. The summed E-state index contributed by atoms with van der Waals surface area (Å²) in [5.41, 5.74) is 2.35. The van der Waals surface area contributed by atoms with Crippen molar-refractivity contribution in [2.75, 3.05) is 4.72 Å². The minimum Gasteiger partial charge on any atom is -0.263 e. The average molecular weight is 345 g/mol. The average Bonchev–Trinajstić information content (AvgIpc) is 2.39. The largest absolute Gasteiger partial charge is 0.264 e. The van der Waals surface area contributed by atoms with Crippen LogP contribution in [0.25, 0.3) is 0 Å². The number of aryl methyl sites for hydroxylation is 2. The highest BCUT2D eigenvalue weighted by molar-refractivity contribution is 7.92. The molecule has 21 heavy (non-hydrogen) atoms. The third kappa shape index (κ3) is 3.31. The Morgan fingerprint density at radius 2 is 1.71 bits per heavy atom. The number of sulfonamides is 1. The van der Waals surface area contributed by atoms with Crippen LogP contribution in [0.3, 0.4) is 0 Å². The number of rotatable bonds is 3. The summed E-state index contributed by atoms with van der Waals surface area (Å²) in [5, 5.41) is 0.493. The van der Waals surface area contributed by atoms with E-state index in [0.717, 1.165) is 11.1 Å². The Kier molecular flexibility index (Phi) is 4.46. The predicted molar refractivity (Wildman–Crippen MR) is 85.7 cm³/mol. The Balaban J connectivity index is 2.48. The molecule has 0 bridgehead atoms. The highest BCUT2D eigenvalue weighted by atomic mass is 35.5. The van der Waals surface area contributed by atoms with E-state index in [4.69, 9.17) is 23.2 Å². The van der Waals surface area contributed by atoms with Crippen molar-refractivity contribution in [3.8, 4) is 0 Å². The summed E-state index contributed by atoms with van der Waals surface area (Å²) < 4.78 is 27.4. The second-order valence-corrected chi connectivity index (χ2v) is 7.20. The molecule has 0 spiro atoms. The second kappa shape index (κ2) is 5.83. The molecule has 0 radical (unpaired) electrons. The molecule has 112 valence electrons. The minimum absolute atomic E-state index is 0.0197. The van der Waals surface area contributed by atoms with Crippen LogP contribution in [0.15, 0.2) is 29.3 Å². The molecule has 2 rings (SSSR count). The number of halogens is 2. The molecule has 0 fully saturated rings. The van der Waals surface area contributed by atoms with Crippen molar-refractivity contribution < 1.29 is 8.42 Å². The third-order valence-electron chi connectivity index (χ3n) is 3.21. The van der Waals surface area contributed by atoms with E-state index >= 15 is 0 Å². The fourth-order valence-electron chi connectivity index (χ4n) is 1.75. The SMILES string of the molecule is Cc1cc(S(=O)(=O)Nc2nccc(C)c2C)c(Cl)cc1Cl. The lowest BCUT2D eigenvalue weighted by molar-refractivity contribution is 0.601. The van der Waals surface area contributed by atoms with E-state index in [9.17, 15) is 8.42 Å². The van der Waals surface area contributed by atoms with E-state index < -0.39 is 10.0 Å². The van der Waals surface area contributed by atoms with Gasteiger partial charge in [0.2, 0.25) is 0 Å². The molecular weight excluding hydrogens is 331 g/mol. The molecule has 1 heterocycles. The van der Waals surface area contributed by atoms with Gasteiger partial charge in [0.15, 0.2) is 0 Å². The van der Waals surface area contributed by atoms with Gasteiger partial charge in [-0.3, -0.25) is 4.72 Å². The molecule has 0 unspecified atom stereocenters. The number of benzene rings is 1. The zero-order chi connectivity index (χ0) is 15.8. The van der Waals surface area contributed by atoms with Gasteiger partial charge in [0.05, 0.1) is 5.02 Å². The summed E-state index contributed by atoms with van der Waals surface area (Å²) in [5.74, 6) is 0.290. The quantitative estimate of drug-likeness (QED) is 0.911. The Morgan fingerprint density at radius 1 is 1.05 bits per heavy atom. The van der Waals surface area contributed by atoms with Crippen LogP contribution in [0.1, 0.15) is 16.7 Å². The zero-order valence-electron chi connectivity index (χ0n) is 11.7. The summed E-state index contributed by atoms with van der Waals surface area (Å²) in [6.45, 7) is 5.40. The lowest BCUT2D eigenvalue weighted by Crippen LogP contribution is -2.16. The van der Waals surface area contributed by atoms with Crippen LogP contribution in [0.2, 0.25) is 10.0 Å². The maximum absolute atomic E-state index is 12.5. The first-order valence-corrected chi connectivity index (χ1v) is 8.37. The summed E-state index contributed by atoms with van der Waals surface area (Å²) in [6, 6.07) is 4.67. The molecule has 1 N–H and O–H groups in total. The smallest absolute Gasteiger partial charge is 0.263 e. The van der Waals surface area contributed by atoms with Crippen LogP contribution in [0.4, 0.5) is 5.82 Å². The predicted octanol–water partition coefficient (Wildman–Crippen LogP) is 4.11. The Hall–Kier alpha value is -1.30. The zero-order valence-corrected chi connectivity index (χ0v) is 14.1. The van der Waals surface area contributed by atoms with Crippen LogP contribution < -0.4 is 4.72 Å². The fourth-order valence-corrected chi connectivity index (χ4v) is 3.66. The number of pyridine rings is 1. The Labute approximate surface area is 134 Å². The standard InChI is InChI=1S/C14H14Cl2N2O2S/c1-8-4-5-17-14(10(8)3)18-21(19,20)13-6-9(2)11(15)7-12(13)16/h4-7H,1-3H3,(H,17,18). The molecule has 0 aliphatic carbocycles. The van der Waals surface area contributed by atoms with Gasteiger partial charge in [-0.2, -0.15) is 0 Å². The van der Waals surface area contributed by atoms with Gasteiger partial charge in [0.25, 0.3) is 10.0 Å². The van der Waals surface area contributed by atoms with Crippen molar-refractivity contribution >= 4 is 39.0 Å². The molecule has 0 saturated carbocycles. The lowest BCUT2D eigenvalue weighted by atomic mass is 10.2. The molecule has 7 heteroatoms. The molecule has 0 amide bonds. The van der Waals surface area contributed by atoms with Crippen molar-refractivity contribution in [3.05, 3.63) is 51.1 Å². The summed E-state index contributed by atoms with van der Waals surface area (Å²) in [6.07, 6.45) is 1.55. The lowest BCUT2D eigenvalue weighted by Gasteiger charge is -2.13. The van der Waals surface area contributed by atoms with E-state index in [2.05, 4.69) is 9.71 Å². The number of nitrogens with one attached hydrogen (secondary N) is 1. The normalized spacial score (nSPS) is 11.5. The second-order valence-electron chi connectivity index (χ2n) is 4.74. The molecule has 0 saturated heterocycles. The van der Waals surface area contributed by atoms with Gasteiger partial charge in [-0.1, -0.05) is 23.2 Å². The number of nitrogens with zero attached hydrogens (tertiary/aromatic N) is 1. The monoisotopic (exact) mass is 344 g/mol. The third-order valence-corrected chi connectivity index (χ3v) is 5.42. The Bertz CT molecular complexity index is 805. The van der Waals surface area contributed by atoms with Crippen molar-refractivity contribution in [1.29, 1.82) is 0 Å². The summed E-state index contributed by atoms with van der Waals surface area (Å²) in [4.78, 5) is 4.04. The number of aromatic nitrogens is 1. The molecule has 1 aromatic heterocycles. The molecule has 1 aromatic carbocycles. The minimum atomic E-state index is -3.83. The van der Waals surface area contributed by atoms with E-state index in [0.29, 0.717) is 16.4 Å². The summed E-state index contributed by atoms with van der Waals surface area (Å²) >= 11 is 11.9. The van der Waals surface area contributed by atoms with Crippen molar-refractivity contribution in [2.24, 2.45) is 0 Å². The highest BCUT2D eigenvalue weighted by Crippen LogP contribution is 2.29. The first-order valence-electron chi connectivity index (χ1n) is 6.13. The van der Waals surface area contributed by atoms with Crippen molar-refractivity contribution in [3.63, 3.8) is 0 Å². The van der Waals surface area contributed by atoms with Crippen LogP contribution in [-0.2, 0) is 10.0 Å². The van der Waals surface area contributed by atoms with Gasteiger partial charge in [-0.05, 0) is 55.7 Å². The van der Waals surface area contributed by atoms with Crippen LogP contribution in [0.5, 0.6) is 0 Å². The highest BCUT2D eigenvalue weighted by Gasteiger charge is 2.21. The maximum atomic E-state index is 12.5. The summed E-state index contributed by atoms with van der Waals surface area (Å²) in [7, 11) is -3.83. The van der Waals surface area contributed by atoms with Crippen molar-refractivity contribution in [1.82, 2.24) is 4.98 Å². The van der Waals surface area contributed by atoms with Gasteiger partial charge in [0, 0.05) is 11.2 Å². The maximum Gasteiger partial charge on any atom is 0.264 e. The van der Waals surface area contributed by atoms with Gasteiger partial charge in [-0.25, -0.2) is 13.4 Å². The number of hydrogen-bond donors (Lipinski definition) is 1. The van der Waals surface area contributed by atoms with Crippen LogP contribution >= 0.6 is 23.2 Å². The van der Waals surface area contributed by atoms with Gasteiger partial charge < -0.3 is 0 Å². The fraction of sp³-hybridized carbons (Fsp3) is 0.214. The van der Waals surface area contributed by atoms with Gasteiger partial charge >= 0.3 is 0 Å². The molecule has 0 aliphatic rings. The topological polar surface area (TPSA) is 59.1 Å². The van der Waals surface area contributed by atoms with Gasteiger partial charge in [-0.15, -0.1) is 0 Å². The van der Waals surface area contributed by atoms with Crippen LogP contribution in [0, 0.1) is 20.8 Å².